The number of β-amino-alcohol motifs (C(OH)–C–C–N with tert-alkyl or cyclic N) is 1. The molecule has 1 atom stereocenters. The number of likely N-dealkylation sites (tertiary alicyclic amines) is 1. The second kappa shape index (κ2) is 6.78. The van der Waals surface area contributed by atoms with Crippen molar-refractivity contribution in [3.63, 3.8) is 0 Å². The van der Waals surface area contributed by atoms with Gasteiger partial charge in [0.25, 0.3) is 0 Å². The van der Waals surface area contributed by atoms with Crippen LogP contribution in [0.5, 0.6) is 0 Å². The van der Waals surface area contributed by atoms with Crippen molar-refractivity contribution in [1.82, 2.24) is 4.90 Å². The zero-order chi connectivity index (χ0) is 14.5. The molecule has 108 valence electrons. The van der Waals surface area contributed by atoms with Crippen LogP contribution in [0.4, 0.5) is 5.69 Å². The first-order valence-electron chi connectivity index (χ1n) is 6.65. The van der Waals surface area contributed by atoms with Gasteiger partial charge in [0.2, 0.25) is 5.91 Å². The molecule has 1 aliphatic rings. The van der Waals surface area contributed by atoms with Gasteiger partial charge >= 0.3 is 0 Å². The van der Waals surface area contributed by atoms with Gasteiger partial charge < -0.3 is 16.2 Å². The summed E-state index contributed by atoms with van der Waals surface area (Å²) in [6, 6.07) is 7.11. The Kier molecular flexibility index (Phi) is 5.05. The van der Waals surface area contributed by atoms with E-state index in [9.17, 15) is 9.90 Å². The Morgan fingerprint density at radius 2 is 2.15 bits per heavy atom. The van der Waals surface area contributed by atoms with E-state index in [-0.39, 0.29) is 12.0 Å². The number of nitrogens with two attached hydrogens (primary N) is 1. The molecule has 1 aromatic carbocycles. The Labute approximate surface area is 123 Å². The van der Waals surface area contributed by atoms with Gasteiger partial charge in [0.1, 0.15) is 4.99 Å². The van der Waals surface area contributed by atoms with Crippen LogP contribution in [0.1, 0.15) is 18.4 Å². The molecule has 6 heteroatoms. The standard InChI is InChI=1S/C14H19N3O2S/c15-14(20)10-3-5-11(6-4-10)16-13(19)9-17-7-1-2-12(18)8-17/h3-6,12,18H,1-2,7-9H2,(H2,15,20)(H,16,19). The predicted molar refractivity (Wildman–Crippen MR) is 82.6 cm³/mol. The lowest BCUT2D eigenvalue weighted by atomic mass is 10.1. The summed E-state index contributed by atoms with van der Waals surface area (Å²) in [4.78, 5) is 14.2. The first kappa shape index (κ1) is 14.9. The Morgan fingerprint density at radius 1 is 1.45 bits per heavy atom. The predicted octanol–water partition coefficient (Wildman–Crippen LogP) is 0.716. The number of rotatable bonds is 4. The summed E-state index contributed by atoms with van der Waals surface area (Å²) in [5, 5.41) is 12.4. The van der Waals surface area contributed by atoms with E-state index in [0.717, 1.165) is 24.9 Å². The number of aliphatic hydroxyl groups excluding tert-OH is 1. The molecule has 0 bridgehead atoms. The molecular formula is C14H19N3O2S. The van der Waals surface area contributed by atoms with Crippen molar-refractivity contribution in [3.8, 4) is 0 Å². The maximum atomic E-state index is 11.9. The van der Waals surface area contributed by atoms with Crippen molar-refractivity contribution in [1.29, 1.82) is 0 Å². The van der Waals surface area contributed by atoms with Crippen LogP contribution >= 0.6 is 12.2 Å². The number of anilines is 1. The highest BCUT2D eigenvalue weighted by Crippen LogP contribution is 2.11. The highest BCUT2D eigenvalue weighted by atomic mass is 32.1. The largest absolute Gasteiger partial charge is 0.392 e. The molecule has 1 aromatic rings. The number of carbonyl (C=O) groups is 1. The second-order valence-electron chi connectivity index (χ2n) is 5.02. The molecule has 0 saturated carbocycles. The molecule has 5 nitrogen and oxygen atoms in total. The average molecular weight is 293 g/mol. The quantitative estimate of drug-likeness (QED) is 0.713. The number of nitrogens with zero attached hydrogens (tertiary/aromatic N) is 1. The van der Waals surface area contributed by atoms with E-state index < -0.39 is 0 Å². The summed E-state index contributed by atoms with van der Waals surface area (Å²) in [6.45, 7) is 1.72. The van der Waals surface area contributed by atoms with E-state index in [2.05, 4.69) is 5.32 Å². The van der Waals surface area contributed by atoms with Crippen molar-refractivity contribution in [2.45, 2.75) is 18.9 Å². The number of piperidine rings is 1. The Morgan fingerprint density at radius 3 is 2.75 bits per heavy atom. The second-order valence-corrected chi connectivity index (χ2v) is 5.46. The fourth-order valence-corrected chi connectivity index (χ4v) is 2.43. The van der Waals surface area contributed by atoms with E-state index in [4.69, 9.17) is 18.0 Å². The van der Waals surface area contributed by atoms with E-state index in [1.165, 1.54) is 0 Å². The summed E-state index contributed by atoms with van der Waals surface area (Å²) in [6.07, 6.45) is 1.43. The SMILES string of the molecule is NC(=S)c1ccc(NC(=O)CN2CCCC(O)C2)cc1. The topological polar surface area (TPSA) is 78.6 Å². The van der Waals surface area contributed by atoms with Crippen LogP contribution in [0.25, 0.3) is 0 Å². The number of hydrogen-bond donors (Lipinski definition) is 3. The Bertz CT molecular complexity index is 490. The Balaban J connectivity index is 1.86. The first-order chi connectivity index (χ1) is 9.54. The molecular weight excluding hydrogens is 274 g/mol. The van der Waals surface area contributed by atoms with Crippen LogP contribution in [0.2, 0.25) is 0 Å². The number of amides is 1. The third kappa shape index (κ3) is 4.26. The highest BCUT2D eigenvalue weighted by Gasteiger charge is 2.19. The third-order valence-electron chi connectivity index (χ3n) is 3.30. The Hall–Kier alpha value is -1.50. The molecule has 1 amide bonds. The van der Waals surface area contributed by atoms with Crippen LogP contribution in [-0.4, -0.2) is 46.6 Å². The summed E-state index contributed by atoms with van der Waals surface area (Å²) in [7, 11) is 0. The van der Waals surface area contributed by atoms with E-state index in [0.29, 0.717) is 23.8 Å². The van der Waals surface area contributed by atoms with Gasteiger partial charge in [0.15, 0.2) is 0 Å². The molecule has 1 saturated heterocycles. The van der Waals surface area contributed by atoms with Crippen molar-refractivity contribution >= 4 is 28.8 Å². The molecule has 0 spiro atoms. The number of nitrogens with one attached hydrogen (secondary N) is 1. The van der Waals surface area contributed by atoms with Crippen LogP contribution in [0, 0.1) is 0 Å². The minimum Gasteiger partial charge on any atom is -0.392 e. The summed E-state index contributed by atoms with van der Waals surface area (Å²) in [5.41, 5.74) is 7.01. The van der Waals surface area contributed by atoms with Crippen molar-refractivity contribution in [2.24, 2.45) is 5.73 Å². The molecule has 4 N–H and O–H groups in total. The van der Waals surface area contributed by atoms with Crippen molar-refractivity contribution in [2.75, 3.05) is 25.0 Å². The summed E-state index contributed by atoms with van der Waals surface area (Å²) in [5.74, 6) is -0.0813. The van der Waals surface area contributed by atoms with Crippen LogP contribution in [-0.2, 0) is 4.79 Å². The highest BCUT2D eigenvalue weighted by molar-refractivity contribution is 7.80. The van der Waals surface area contributed by atoms with Crippen molar-refractivity contribution < 1.29 is 9.90 Å². The third-order valence-corrected chi connectivity index (χ3v) is 3.54. The van der Waals surface area contributed by atoms with E-state index in [1.807, 2.05) is 4.90 Å². The lowest BCUT2D eigenvalue weighted by Crippen LogP contribution is -2.42. The molecule has 1 aliphatic heterocycles. The fraction of sp³-hybridized carbons (Fsp3) is 0.429. The number of benzene rings is 1. The normalized spacial score (nSPS) is 19.6. The zero-order valence-electron chi connectivity index (χ0n) is 11.2. The van der Waals surface area contributed by atoms with Gasteiger partial charge in [0.05, 0.1) is 12.6 Å². The summed E-state index contributed by atoms with van der Waals surface area (Å²) >= 11 is 4.87. The molecule has 1 fully saturated rings. The minimum atomic E-state index is -0.318. The molecule has 1 heterocycles. The average Bonchev–Trinajstić information content (AvgIpc) is 2.39. The number of aliphatic hydroxyl groups is 1. The maximum Gasteiger partial charge on any atom is 0.238 e. The molecule has 1 unspecified atom stereocenters. The van der Waals surface area contributed by atoms with Gasteiger partial charge in [-0.05, 0) is 43.7 Å². The first-order valence-corrected chi connectivity index (χ1v) is 7.05. The smallest absolute Gasteiger partial charge is 0.238 e. The number of thiocarbonyl (C=S) groups is 1. The molecule has 0 aliphatic carbocycles. The van der Waals surface area contributed by atoms with Crippen LogP contribution in [0.15, 0.2) is 24.3 Å². The van der Waals surface area contributed by atoms with E-state index in [1.54, 1.807) is 24.3 Å². The molecule has 0 radical (unpaired) electrons. The van der Waals surface area contributed by atoms with Gasteiger partial charge in [-0.25, -0.2) is 0 Å². The van der Waals surface area contributed by atoms with Crippen LogP contribution < -0.4 is 11.1 Å². The summed E-state index contributed by atoms with van der Waals surface area (Å²) < 4.78 is 0. The van der Waals surface area contributed by atoms with Gasteiger partial charge in [-0.3, -0.25) is 9.69 Å². The fourth-order valence-electron chi connectivity index (χ4n) is 2.30. The number of carbonyl (C=O) groups excluding carboxylic acids is 1. The van der Waals surface area contributed by atoms with Crippen LogP contribution in [0.3, 0.4) is 0 Å². The van der Waals surface area contributed by atoms with Crippen molar-refractivity contribution in [3.05, 3.63) is 29.8 Å². The molecule has 2 rings (SSSR count). The van der Waals surface area contributed by atoms with Gasteiger partial charge in [-0.2, -0.15) is 0 Å². The zero-order valence-corrected chi connectivity index (χ0v) is 12.0. The van der Waals surface area contributed by atoms with E-state index >= 15 is 0 Å². The van der Waals surface area contributed by atoms with Gasteiger partial charge in [-0.1, -0.05) is 12.2 Å². The van der Waals surface area contributed by atoms with Gasteiger partial charge in [-0.15, -0.1) is 0 Å². The lowest BCUT2D eigenvalue weighted by molar-refractivity contribution is -0.118. The molecule has 0 aromatic heterocycles. The minimum absolute atomic E-state index is 0.0813. The maximum absolute atomic E-state index is 11.9. The van der Waals surface area contributed by atoms with Gasteiger partial charge in [0, 0.05) is 17.8 Å². The number of hydrogen-bond acceptors (Lipinski definition) is 4. The molecule has 20 heavy (non-hydrogen) atoms. The monoisotopic (exact) mass is 293 g/mol. The lowest BCUT2D eigenvalue weighted by Gasteiger charge is -2.29.